The molecule has 1 atom stereocenters. The summed E-state index contributed by atoms with van der Waals surface area (Å²) in [5, 5.41) is 0. The van der Waals surface area contributed by atoms with Gasteiger partial charge in [0.2, 0.25) is 5.91 Å². The highest BCUT2D eigenvalue weighted by Crippen LogP contribution is 2.48. The molecule has 0 aromatic heterocycles. The first kappa shape index (κ1) is 11.9. The van der Waals surface area contributed by atoms with E-state index in [4.69, 9.17) is 5.73 Å². The first-order valence-electron chi connectivity index (χ1n) is 5.95. The van der Waals surface area contributed by atoms with E-state index in [0.717, 1.165) is 11.1 Å². The molecule has 0 saturated heterocycles. The first-order chi connectivity index (χ1) is 7.89. The minimum atomic E-state index is -0.599. The Morgan fingerprint density at radius 3 is 2.53 bits per heavy atom. The van der Waals surface area contributed by atoms with Gasteiger partial charge in [-0.3, -0.25) is 4.79 Å². The van der Waals surface area contributed by atoms with Crippen LogP contribution < -0.4 is 5.73 Å². The Morgan fingerprint density at radius 2 is 1.94 bits per heavy atom. The number of allylic oxidation sites excluding steroid dienone is 1. The number of amides is 1. The third kappa shape index (κ3) is 1.59. The van der Waals surface area contributed by atoms with Gasteiger partial charge in [-0.15, -0.1) is 0 Å². The zero-order valence-electron chi connectivity index (χ0n) is 10.7. The summed E-state index contributed by atoms with van der Waals surface area (Å²) in [5.41, 5.74) is 7.10. The Hall–Kier alpha value is -1.57. The van der Waals surface area contributed by atoms with E-state index in [9.17, 15) is 4.79 Å². The summed E-state index contributed by atoms with van der Waals surface area (Å²) in [5.74, 6) is -0.234. The average Bonchev–Trinajstić information content (AvgIpc) is 2.26. The van der Waals surface area contributed by atoms with Crippen LogP contribution >= 0.6 is 0 Å². The molecule has 1 aliphatic carbocycles. The maximum atomic E-state index is 12.1. The normalized spacial score (nSPS) is 23.2. The Balaban J connectivity index is 2.73. The number of hydrogen-bond acceptors (Lipinski definition) is 1. The lowest BCUT2D eigenvalue weighted by Gasteiger charge is -2.44. The smallest absolute Gasteiger partial charge is 0.228 e. The van der Waals surface area contributed by atoms with Crippen LogP contribution in [0.4, 0.5) is 0 Å². The van der Waals surface area contributed by atoms with Crippen LogP contribution in [0.2, 0.25) is 0 Å². The van der Waals surface area contributed by atoms with Crippen molar-refractivity contribution in [1.29, 1.82) is 0 Å². The summed E-state index contributed by atoms with van der Waals surface area (Å²) in [7, 11) is 0. The molecule has 0 bridgehead atoms. The van der Waals surface area contributed by atoms with Crippen LogP contribution in [-0.2, 0) is 10.2 Å². The molecule has 2 N–H and O–H groups in total. The largest absolute Gasteiger partial charge is 0.369 e. The highest BCUT2D eigenvalue weighted by atomic mass is 16.1. The maximum Gasteiger partial charge on any atom is 0.228 e. The lowest BCUT2D eigenvalue weighted by atomic mass is 9.58. The van der Waals surface area contributed by atoms with E-state index in [1.54, 1.807) is 0 Å². The van der Waals surface area contributed by atoms with Crippen LogP contribution in [0, 0.1) is 5.41 Å². The quantitative estimate of drug-likeness (QED) is 0.790. The predicted molar refractivity (Wildman–Crippen MR) is 70.4 cm³/mol. The van der Waals surface area contributed by atoms with Gasteiger partial charge >= 0.3 is 0 Å². The Kier molecular flexibility index (Phi) is 2.61. The summed E-state index contributed by atoms with van der Waals surface area (Å²) >= 11 is 0. The monoisotopic (exact) mass is 229 g/mol. The Bertz CT molecular complexity index is 482. The third-order valence-corrected chi connectivity index (χ3v) is 3.84. The molecule has 1 unspecified atom stereocenters. The molecular weight excluding hydrogens is 210 g/mol. The predicted octanol–water partition coefficient (Wildman–Crippen LogP) is 2.87. The SMILES string of the molecule is CC(C)(C)C1(C(N)=O)CC=Cc2ccccc21. The van der Waals surface area contributed by atoms with Gasteiger partial charge in [-0.2, -0.15) is 0 Å². The van der Waals surface area contributed by atoms with E-state index >= 15 is 0 Å². The molecule has 2 nitrogen and oxygen atoms in total. The second-order valence-corrected chi connectivity index (χ2v) is 5.71. The van der Waals surface area contributed by atoms with Crippen LogP contribution in [0.3, 0.4) is 0 Å². The molecule has 1 aliphatic rings. The number of carbonyl (C=O) groups excluding carboxylic acids is 1. The van der Waals surface area contributed by atoms with E-state index < -0.39 is 5.41 Å². The van der Waals surface area contributed by atoms with Crippen molar-refractivity contribution < 1.29 is 4.79 Å². The van der Waals surface area contributed by atoms with Gasteiger partial charge < -0.3 is 5.73 Å². The summed E-state index contributed by atoms with van der Waals surface area (Å²) in [6.07, 6.45) is 4.81. The minimum Gasteiger partial charge on any atom is -0.369 e. The van der Waals surface area contributed by atoms with Gasteiger partial charge in [-0.05, 0) is 23.0 Å². The second-order valence-electron chi connectivity index (χ2n) is 5.71. The number of fused-ring (bicyclic) bond motifs is 1. The van der Waals surface area contributed by atoms with E-state index in [0.29, 0.717) is 6.42 Å². The third-order valence-electron chi connectivity index (χ3n) is 3.84. The van der Waals surface area contributed by atoms with Crippen molar-refractivity contribution in [3.05, 3.63) is 41.5 Å². The molecular formula is C15H19NO. The zero-order chi connectivity index (χ0) is 12.7. The first-order valence-corrected chi connectivity index (χ1v) is 5.95. The fourth-order valence-electron chi connectivity index (χ4n) is 2.82. The summed E-state index contributed by atoms with van der Waals surface area (Å²) in [6.45, 7) is 6.23. The molecule has 2 heteroatoms. The standard InChI is InChI=1S/C15H19NO/c1-14(2,3)15(13(16)17)10-6-8-11-7-4-5-9-12(11)15/h4-9H,10H2,1-3H3,(H2,16,17). The summed E-state index contributed by atoms with van der Waals surface area (Å²) < 4.78 is 0. The molecule has 0 saturated carbocycles. The average molecular weight is 229 g/mol. The van der Waals surface area contributed by atoms with E-state index in [1.807, 2.05) is 24.3 Å². The van der Waals surface area contributed by atoms with E-state index in [-0.39, 0.29) is 11.3 Å². The molecule has 0 radical (unpaired) electrons. The van der Waals surface area contributed by atoms with Crippen LogP contribution in [-0.4, -0.2) is 5.91 Å². The van der Waals surface area contributed by atoms with Crippen molar-refractivity contribution in [2.24, 2.45) is 11.1 Å². The van der Waals surface area contributed by atoms with E-state index in [2.05, 4.69) is 32.9 Å². The van der Waals surface area contributed by atoms with Crippen molar-refractivity contribution in [2.75, 3.05) is 0 Å². The fourth-order valence-corrected chi connectivity index (χ4v) is 2.82. The number of hydrogen-bond donors (Lipinski definition) is 1. The van der Waals surface area contributed by atoms with Crippen molar-refractivity contribution in [3.63, 3.8) is 0 Å². The second kappa shape index (κ2) is 3.73. The Labute approximate surface area is 103 Å². The number of rotatable bonds is 1. The van der Waals surface area contributed by atoms with Gasteiger partial charge in [0, 0.05) is 0 Å². The van der Waals surface area contributed by atoms with Crippen molar-refractivity contribution >= 4 is 12.0 Å². The molecule has 0 fully saturated rings. The minimum absolute atomic E-state index is 0.195. The molecule has 90 valence electrons. The van der Waals surface area contributed by atoms with Crippen molar-refractivity contribution in [1.82, 2.24) is 0 Å². The molecule has 2 rings (SSSR count). The zero-order valence-corrected chi connectivity index (χ0v) is 10.7. The van der Waals surface area contributed by atoms with Crippen molar-refractivity contribution in [2.45, 2.75) is 32.6 Å². The van der Waals surface area contributed by atoms with Gasteiger partial charge in [0.25, 0.3) is 0 Å². The maximum absolute atomic E-state index is 12.1. The molecule has 0 heterocycles. The van der Waals surface area contributed by atoms with Crippen LogP contribution in [0.1, 0.15) is 38.3 Å². The summed E-state index contributed by atoms with van der Waals surface area (Å²) in [4.78, 5) is 12.1. The van der Waals surface area contributed by atoms with Gasteiger partial charge in [0.15, 0.2) is 0 Å². The van der Waals surface area contributed by atoms with Crippen LogP contribution in [0.5, 0.6) is 0 Å². The Morgan fingerprint density at radius 1 is 1.29 bits per heavy atom. The number of nitrogens with two attached hydrogens (primary N) is 1. The van der Waals surface area contributed by atoms with E-state index in [1.165, 1.54) is 0 Å². The van der Waals surface area contributed by atoms with Gasteiger partial charge in [-0.25, -0.2) is 0 Å². The number of primary amides is 1. The van der Waals surface area contributed by atoms with Crippen molar-refractivity contribution in [3.8, 4) is 0 Å². The van der Waals surface area contributed by atoms with Gasteiger partial charge in [0.05, 0.1) is 5.41 Å². The number of carbonyl (C=O) groups is 1. The number of benzene rings is 1. The lowest BCUT2D eigenvalue weighted by Crippen LogP contribution is -2.51. The van der Waals surface area contributed by atoms with Crippen LogP contribution in [0.15, 0.2) is 30.3 Å². The molecule has 1 amide bonds. The highest BCUT2D eigenvalue weighted by molar-refractivity contribution is 5.90. The fraction of sp³-hybridized carbons (Fsp3) is 0.400. The lowest BCUT2D eigenvalue weighted by molar-refractivity contribution is -0.127. The van der Waals surface area contributed by atoms with Gasteiger partial charge in [-0.1, -0.05) is 57.2 Å². The molecule has 1 aromatic carbocycles. The molecule has 0 spiro atoms. The molecule has 0 aliphatic heterocycles. The van der Waals surface area contributed by atoms with Crippen LogP contribution in [0.25, 0.3) is 6.08 Å². The summed E-state index contributed by atoms with van der Waals surface area (Å²) in [6, 6.07) is 8.02. The molecule has 17 heavy (non-hydrogen) atoms. The highest BCUT2D eigenvalue weighted by Gasteiger charge is 2.49. The van der Waals surface area contributed by atoms with Gasteiger partial charge in [0.1, 0.15) is 0 Å². The topological polar surface area (TPSA) is 43.1 Å². The molecule has 1 aromatic rings.